The molecule has 0 nitrogen and oxygen atoms in total. The van der Waals surface area contributed by atoms with Gasteiger partial charge in [-0.05, 0) is 18.2 Å². The normalized spacial score (nSPS) is 10.6. The van der Waals surface area contributed by atoms with Crippen molar-refractivity contribution in [3.05, 3.63) is 56.5 Å². The van der Waals surface area contributed by atoms with Crippen molar-refractivity contribution < 1.29 is 8.78 Å². The van der Waals surface area contributed by atoms with Crippen molar-refractivity contribution in [1.29, 1.82) is 0 Å². The molecule has 2 aromatic carbocycles. The molecule has 0 heterocycles. The molecule has 17 heavy (non-hydrogen) atoms. The predicted octanol–water partition coefficient (Wildman–Crippen LogP) is 5.50. The molecule has 0 atom stereocenters. The van der Waals surface area contributed by atoms with Crippen LogP contribution in [0.1, 0.15) is 0 Å². The summed E-state index contributed by atoms with van der Waals surface area (Å²) in [5.74, 6) is -1.40. The molecular weight excluding hydrogens is 333 g/mol. The Labute approximate surface area is 115 Å². The van der Waals surface area contributed by atoms with E-state index in [1.807, 2.05) is 0 Å². The smallest absolute Gasteiger partial charge is 0.135 e. The van der Waals surface area contributed by atoms with Crippen LogP contribution >= 0.6 is 39.1 Å². The summed E-state index contributed by atoms with van der Waals surface area (Å²) in [6.07, 6.45) is 0. The van der Waals surface area contributed by atoms with E-state index in [1.165, 1.54) is 24.3 Å². The first-order chi connectivity index (χ1) is 7.99. The van der Waals surface area contributed by atoms with E-state index < -0.39 is 11.6 Å². The first kappa shape index (κ1) is 12.8. The van der Waals surface area contributed by atoms with E-state index in [1.54, 1.807) is 0 Å². The fourth-order valence-corrected chi connectivity index (χ4v) is 2.30. The van der Waals surface area contributed by atoms with Gasteiger partial charge in [0, 0.05) is 16.1 Å². The monoisotopic (exact) mass is 335 g/mol. The van der Waals surface area contributed by atoms with E-state index in [9.17, 15) is 8.78 Å². The van der Waals surface area contributed by atoms with E-state index in [4.69, 9.17) is 23.2 Å². The molecule has 0 bridgehead atoms. The standard InChI is InChI=1S/C12H4BrCl2F2/c13-6-3-10(16)12(11(17)4-6)8-2-1-7(14)5-9(8)15/h1-4H. The summed E-state index contributed by atoms with van der Waals surface area (Å²) < 4.78 is 27.7. The molecule has 0 saturated heterocycles. The van der Waals surface area contributed by atoms with E-state index in [0.717, 1.165) is 0 Å². The van der Waals surface area contributed by atoms with Gasteiger partial charge in [0.15, 0.2) is 0 Å². The predicted molar refractivity (Wildman–Crippen MR) is 68.4 cm³/mol. The first-order valence-electron chi connectivity index (χ1n) is 4.51. The number of hydrogen-bond acceptors (Lipinski definition) is 0. The second-order valence-electron chi connectivity index (χ2n) is 3.28. The van der Waals surface area contributed by atoms with Crippen LogP contribution in [0.3, 0.4) is 0 Å². The first-order valence-corrected chi connectivity index (χ1v) is 6.06. The Morgan fingerprint density at radius 2 is 1.65 bits per heavy atom. The third-order valence-electron chi connectivity index (χ3n) is 2.14. The van der Waals surface area contributed by atoms with Crippen LogP contribution in [-0.4, -0.2) is 0 Å². The topological polar surface area (TPSA) is 0 Å². The van der Waals surface area contributed by atoms with Gasteiger partial charge in [-0.3, -0.25) is 0 Å². The van der Waals surface area contributed by atoms with E-state index in [0.29, 0.717) is 4.47 Å². The van der Waals surface area contributed by atoms with Crippen LogP contribution < -0.4 is 0 Å². The van der Waals surface area contributed by atoms with Crippen LogP contribution in [-0.2, 0) is 0 Å². The average Bonchev–Trinajstić information content (AvgIpc) is 2.19. The molecule has 0 N–H and O–H groups in total. The quantitative estimate of drug-likeness (QED) is 0.645. The van der Waals surface area contributed by atoms with Crippen molar-refractivity contribution in [3.63, 3.8) is 0 Å². The molecular formula is C12H4BrCl2F2. The third-order valence-corrected chi connectivity index (χ3v) is 3.11. The number of hydrogen-bond donors (Lipinski definition) is 0. The van der Waals surface area contributed by atoms with Crippen molar-refractivity contribution in [1.82, 2.24) is 0 Å². The second kappa shape index (κ2) is 4.92. The van der Waals surface area contributed by atoms with Gasteiger partial charge in [0.05, 0.1) is 15.6 Å². The summed E-state index contributed by atoms with van der Waals surface area (Å²) >= 11 is 14.5. The maximum absolute atomic E-state index is 13.7. The van der Waals surface area contributed by atoms with Gasteiger partial charge in [-0.25, -0.2) is 8.78 Å². The maximum atomic E-state index is 13.7. The largest absolute Gasteiger partial charge is 0.206 e. The van der Waals surface area contributed by atoms with Crippen LogP contribution in [0.2, 0.25) is 10.0 Å². The molecule has 2 rings (SSSR count). The summed E-state index contributed by atoms with van der Waals surface area (Å²) in [6, 6.07) is 7.86. The van der Waals surface area contributed by atoms with Crippen molar-refractivity contribution in [3.8, 4) is 11.1 Å². The molecule has 0 fully saturated rings. The Morgan fingerprint density at radius 1 is 1.06 bits per heavy atom. The summed E-state index contributed by atoms with van der Waals surface area (Å²) in [6.45, 7) is 0. The molecule has 2 aromatic rings. The zero-order chi connectivity index (χ0) is 12.6. The van der Waals surface area contributed by atoms with Gasteiger partial charge in [-0.2, -0.15) is 0 Å². The van der Waals surface area contributed by atoms with Crippen molar-refractivity contribution >= 4 is 39.1 Å². The lowest BCUT2D eigenvalue weighted by atomic mass is 10.0. The van der Waals surface area contributed by atoms with Gasteiger partial charge in [0.25, 0.3) is 0 Å². The van der Waals surface area contributed by atoms with Crippen molar-refractivity contribution in [2.45, 2.75) is 0 Å². The minimum Gasteiger partial charge on any atom is -0.206 e. The zero-order valence-electron chi connectivity index (χ0n) is 8.20. The molecule has 0 aliphatic rings. The van der Waals surface area contributed by atoms with Crippen LogP contribution in [0.4, 0.5) is 8.78 Å². The van der Waals surface area contributed by atoms with Gasteiger partial charge in [0.1, 0.15) is 11.6 Å². The second-order valence-corrected chi connectivity index (χ2v) is 4.98. The Hall–Kier alpha value is -0.640. The Bertz CT molecular complexity index is 562. The molecule has 0 amide bonds. The van der Waals surface area contributed by atoms with Crippen molar-refractivity contribution in [2.24, 2.45) is 0 Å². The lowest BCUT2D eigenvalue weighted by molar-refractivity contribution is 0.588. The molecule has 1 radical (unpaired) electrons. The molecule has 0 unspecified atom stereocenters. The van der Waals surface area contributed by atoms with Gasteiger partial charge < -0.3 is 0 Å². The molecule has 0 aliphatic carbocycles. The highest BCUT2D eigenvalue weighted by Gasteiger charge is 2.15. The average molecular weight is 337 g/mol. The highest BCUT2D eigenvalue weighted by molar-refractivity contribution is 9.10. The SMILES string of the molecule is Fc1cc(Br)cc(F)c1-c1ccc(Cl)[c]c1Cl. The minimum absolute atomic E-state index is 0.0811. The third kappa shape index (κ3) is 2.62. The highest BCUT2D eigenvalue weighted by Crippen LogP contribution is 2.34. The molecule has 0 saturated carbocycles. The summed E-state index contributed by atoms with van der Waals surface area (Å²) in [4.78, 5) is 0. The summed E-state index contributed by atoms with van der Waals surface area (Å²) in [5, 5.41) is 0.370. The minimum atomic E-state index is -0.700. The van der Waals surface area contributed by atoms with Gasteiger partial charge in [-0.1, -0.05) is 45.2 Å². The molecule has 0 spiro atoms. The number of rotatable bonds is 1. The lowest BCUT2D eigenvalue weighted by Crippen LogP contribution is -1.91. The molecule has 0 aliphatic heterocycles. The van der Waals surface area contributed by atoms with Gasteiger partial charge in [-0.15, -0.1) is 0 Å². The maximum Gasteiger partial charge on any atom is 0.135 e. The van der Waals surface area contributed by atoms with Crippen LogP contribution in [0.15, 0.2) is 28.7 Å². The number of benzene rings is 2. The summed E-state index contributed by atoms with van der Waals surface area (Å²) in [5.41, 5.74) is 0.0321. The van der Waals surface area contributed by atoms with E-state index >= 15 is 0 Å². The zero-order valence-corrected chi connectivity index (χ0v) is 11.3. The Balaban J connectivity index is 2.68. The fourth-order valence-electron chi connectivity index (χ4n) is 1.44. The van der Waals surface area contributed by atoms with Crippen LogP contribution in [0.25, 0.3) is 11.1 Å². The Morgan fingerprint density at radius 3 is 2.18 bits per heavy atom. The van der Waals surface area contributed by atoms with Crippen LogP contribution in [0, 0.1) is 17.7 Å². The Kier molecular flexibility index (Phi) is 3.71. The van der Waals surface area contributed by atoms with Crippen molar-refractivity contribution in [2.75, 3.05) is 0 Å². The lowest BCUT2D eigenvalue weighted by Gasteiger charge is -2.08. The fraction of sp³-hybridized carbons (Fsp3) is 0. The van der Waals surface area contributed by atoms with E-state index in [-0.39, 0.29) is 21.2 Å². The molecule has 5 heteroatoms. The van der Waals surface area contributed by atoms with E-state index in [2.05, 4.69) is 22.0 Å². The molecule has 87 valence electrons. The summed E-state index contributed by atoms with van der Waals surface area (Å²) in [7, 11) is 0. The van der Waals surface area contributed by atoms with Gasteiger partial charge >= 0.3 is 0 Å². The van der Waals surface area contributed by atoms with Crippen LogP contribution in [0.5, 0.6) is 0 Å². The highest BCUT2D eigenvalue weighted by atomic mass is 79.9. The molecule has 0 aromatic heterocycles. The number of halogens is 5. The van der Waals surface area contributed by atoms with Gasteiger partial charge in [0.2, 0.25) is 0 Å².